The van der Waals surface area contributed by atoms with Gasteiger partial charge in [0.1, 0.15) is 0 Å². The van der Waals surface area contributed by atoms with Crippen LogP contribution in [-0.4, -0.2) is 22.9 Å². The molecular weight excluding hydrogens is 246 g/mol. The Morgan fingerprint density at radius 2 is 2.10 bits per heavy atom. The molecule has 108 valence electrons. The van der Waals surface area contributed by atoms with Gasteiger partial charge in [0.15, 0.2) is 0 Å². The highest BCUT2D eigenvalue weighted by Crippen LogP contribution is 2.20. The van der Waals surface area contributed by atoms with Crippen LogP contribution in [0.25, 0.3) is 10.9 Å². The lowest BCUT2D eigenvalue weighted by atomic mass is 10.1. The number of fused-ring (bicyclic) bond motifs is 1. The summed E-state index contributed by atoms with van der Waals surface area (Å²) in [6.07, 6.45) is 4.36. The van der Waals surface area contributed by atoms with E-state index in [1.807, 2.05) is 0 Å². The minimum absolute atomic E-state index is 0.920. The lowest BCUT2D eigenvalue weighted by molar-refractivity contribution is 0.671. The second kappa shape index (κ2) is 7.25. The van der Waals surface area contributed by atoms with Crippen molar-refractivity contribution in [2.24, 2.45) is 0 Å². The first-order chi connectivity index (χ1) is 9.76. The Labute approximate surface area is 121 Å². The monoisotopic (exact) mass is 271 g/mol. The van der Waals surface area contributed by atoms with Crippen molar-refractivity contribution in [3.05, 3.63) is 41.6 Å². The zero-order chi connectivity index (χ0) is 14.4. The lowest BCUT2D eigenvalue weighted by Crippen LogP contribution is -2.13. The third-order valence-electron chi connectivity index (χ3n) is 3.54. The molecule has 0 bridgehead atoms. The van der Waals surface area contributed by atoms with Crippen LogP contribution in [0.15, 0.2) is 35.9 Å². The van der Waals surface area contributed by atoms with Crippen LogP contribution in [0.1, 0.15) is 32.9 Å². The molecule has 1 heterocycles. The van der Waals surface area contributed by atoms with E-state index in [4.69, 9.17) is 5.10 Å². The minimum Gasteiger partial charge on any atom is -0.317 e. The summed E-state index contributed by atoms with van der Waals surface area (Å²) in [5.74, 6) is 0. The topological polar surface area (TPSA) is 29.9 Å². The molecule has 0 saturated carbocycles. The number of benzene rings is 1. The Hall–Kier alpha value is -1.61. The normalized spacial score (nSPS) is 12.2. The molecular formula is C17H25N3. The molecule has 20 heavy (non-hydrogen) atoms. The zero-order valence-corrected chi connectivity index (χ0v) is 12.8. The van der Waals surface area contributed by atoms with Crippen LogP contribution in [-0.2, 0) is 13.0 Å². The average molecular weight is 271 g/mol. The summed E-state index contributed by atoms with van der Waals surface area (Å²) in [5, 5.41) is 9.38. The van der Waals surface area contributed by atoms with E-state index in [2.05, 4.69) is 61.1 Å². The smallest absolute Gasteiger partial charge is 0.0743 e. The highest BCUT2D eigenvalue weighted by molar-refractivity contribution is 5.82. The van der Waals surface area contributed by atoms with E-state index < -0.39 is 0 Å². The molecule has 0 atom stereocenters. The summed E-state index contributed by atoms with van der Waals surface area (Å²) in [6.45, 7) is 9.49. The molecule has 1 N–H and O–H groups in total. The van der Waals surface area contributed by atoms with Crippen LogP contribution >= 0.6 is 0 Å². The van der Waals surface area contributed by atoms with Crippen molar-refractivity contribution >= 4 is 10.9 Å². The van der Waals surface area contributed by atoms with Crippen molar-refractivity contribution < 1.29 is 0 Å². The maximum atomic E-state index is 4.75. The third-order valence-corrected chi connectivity index (χ3v) is 3.54. The molecule has 0 aliphatic rings. The Kier molecular flexibility index (Phi) is 5.36. The molecule has 0 spiro atoms. The van der Waals surface area contributed by atoms with E-state index in [9.17, 15) is 0 Å². The summed E-state index contributed by atoms with van der Waals surface area (Å²) in [6, 6.07) is 8.51. The van der Waals surface area contributed by atoms with Gasteiger partial charge in [0.2, 0.25) is 0 Å². The van der Waals surface area contributed by atoms with Crippen molar-refractivity contribution in [1.29, 1.82) is 0 Å². The first-order valence-corrected chi connectivity index (χ1v) is 7.57. The van der Waals surface area contributed by atoms with Gasteiger partial charge >= 0.3 is 0 Å². The number of aromatic nitrogens is 2. The Balaban J connectivity index is 2.13. The fourth-order valence-corrected chi connectivity index (χ4v) is 2.50. The molecule has 0 aliphatic carbocycles. The summed E-state index contributed by atoms with van der Waals surface area (Å²) >= 11 is 0. The molecule has 0 unspecified atom stereocenters. The Morgan fingerprint density at radius 1 is 1.30 bits per heavy atom. The number of para-hydroxylation sites is 1. The van der Waals surface area contributed by atoms with Crippen molar-refractivity contribution in [3.8, 4) is 0 Å². The molecule has 2 aromatic rings. The number of nitrogens with one attached hydrogen (secondary N) is 1. The summed E-state index contributed by atoms with van der Waals surface area (Å²) in [4.78, 5) is 0. The van der Waals surface area contributed by atoms with Crippen LogP contribution < -0.4 is 5.32 Å². The van der Waals surface area contributed by atoms with Gasteiger partial charge in [-0.3, -0.25) is 4.68 Å². The van der Waals surface area contributed by atoms with Crippen LogP contribution in [0.3, 0.4) is 0 Å². The van der Waals surface area contributed by atoms with Crippen molar-refractivity contribution in [3.63, 3.8) is 0 Å². The van der Waals surface area contributed by atoms with Gasteiger partial charge in [0.05, 0.1) is 11.2 Å². The Morgan fingerprint density at radius 3 is 2.85 bits per heavy atom. The molecule has 1 aromatic heterocycles. The number of rotatable bonds is 7. The standard InChI is InChI=1S/C17H25N3/c1-4-18-12-8-9-14(3)13-16-15-10-6-7-11-17(15)20(5-2)19-16/h6-7,9-11,18H,4-5,8,12-13H2,1-3H3. The molecule has 0 fully saturated rings. The molecule has 1 aromatic carbocycles. The number of nitrogens with zero attached hydrogens (tertiary/aromatic N) is 2. The minimum atomic E-state index is 0.920. The van der Waals surface area contributed by atoms with Crippen molar-refractivity contribution in [2.45, 2.75) is 40.2 Å². The number of hydrogen-bond acceptors (Lipinski definition) is 2. The predicted molar refractivity (Wildman–Crippen MR) is 86.0 cm³/mol. The van der Waals surface area contributed by atoms with Crippen molar-refractivity contribution in [2.75, 3.05) is 13.1 Å². The van der Waals surface area contributed by atoms with Gasteiger partial charge in [-0.05, 0) is 39.4 Å². The van der Waals surface area contributed by atoms with Gasteiger partial charge in [0, 0.05) is 18.4 Å². The van der Waals surface area contributed by atoms with Gasteiger partial charge in [-0.2, -0.15) is 5.10 Å². The van der Waals surface area contributed by atoms with Crippen LogP contribution in [0.2, 0.25) is 0 Å². The molecule has 3 heteroatoms. The summed E-state index contributed by atoms with van der Waals surface area (Å²) < 4.78 is 2.09. The van der Waals surface area contributed by atoms with E-state index in [1.54, 1.807) is 0 Å². The van der Waals surface area contributed by atoms with Gasteiger partial charge in [-0.25, -0.2) is 0 Å². The molecule has 0 radical (unpaired) electrons. The van der Waals surface area contributed by atoms with Gasteiger partial charge in [-0.15, -0.1) is 0 Å². The van der Waals surface area contributed by atoms with Gasteiger partial charge < -0.3 is 5.32 Å². The van der Waals surface area contributed by atoms with E-state index >= 15 is 0 Å². The number of hydrogen-bond donors (Lipinski definition) is 1. The third kappa shape index (κ3) is 3.48. The average Bonchev–Trinajstić information content (AvgIpc) is 2.82. The molecule has 3 nitrogen and oxygen atoms in total. The molecule has 0 amide bonds. The van der Waals surface area contributed by atoms with E-state index in [0.717, 1.165) is 32.5 Å². The van der Waals surface area contributed by atoms with Crippen LogP contribution in [0, 0.1) is 0 Å². The Bertz CT molecular complexity index is 581. The largest absolute Gasteiger partial charge is 0.317 e. The fourth-order valence-electron chi connectivity index (χ4n) is 2.50. The predicted octanol–water partition coefficient (Wildman–Crippen LogP) is 3.54. The highest BCUT2D eigenvalue weighted by atomic mass is 15.3. The van der Waals surface area contributed by atoms with E-state index in [0.29, 0.717) is 0 Å². The van der Waals surface area contributed by atoms with Gasteiger partial charge in [0.25, 0.3) is 0 Å². The first kappa shape index (κ1) is 14.8. The second-order valence-electron chi connectivity index (χ2n) is 5.15. The lowest BCUT2D eigenvalue weighted by Gasteiger charge is -2.01. The highest BCUT2D eigenvalue weighted by Gasteiger charge is 2.08. The second-order valence-corrected chi connectivity index (χ2v) is 5.15. The van der Waals surface area contributed by atoms with Crippen LogP contribution in [0.5, 0.6) is 0 Å². The first-order valence-electron chi connectivity index (χ1n) is 7.57. The van der Waals surface area contributed by atoms with E-state index in [1.165, 1.54) is 22.2 Å². The molecule has 0 saturated heterocycles. The van der Waals surface area contributed by atoms with Crippen molar-refractivity contribution in [1.82, 2.24) is 15.1 Å². The molecule has 0 aliphatic heterocycles. The number of aryl methyl sites for hydroxylation is 1. The SMILES string of the molecule is CCNCCC=C(C)Cc1nn(CC)c2ccccc12. The maximum Gasteiger partial charge on any atom is 0.0743 e. The van der Waals surface area contributed by atoms with Crippen LogP contribution in [0.4, 0.5) is 0 Å². The summed E-state index contributed by atoms with van der Waals surface area (Å²) in [5.41, 5.74) is 3.83. The van der Waals surface area contributed by atoms with E-state index in [-0.39, 0.29) is 0 Å². The maximum absolute atomic E-state index is 4.75. The fraction of sp³-hybridized carbons (Fsp3) is 0.471. The molecule has 2 rings (SSSR count). The summed E-state index contributed by atoms with van der Waals surface area (Å²) in [7, 11) is 0. The zero-order valence-electron chi connectivity index (χ0n) is 12.8. The number of allylic oxidation sites excluding steroid dienone is 1. The van der Waals surface area contributed by atoms with Gasteiger partial charge in [-0.1, -0.05) is 36.8 Å². The quantitative estimate of drug-likeness (QED) is 0.616.